The normalized spacial score (nSPS) is 39.9. The molecule has 6 rings (SSSR count). The Hall–Kier alpha value is -1.07. The molecule has 1 heterocycles. The van der Waals surface area contributed by atoms with Crippen LogP contribution in [0.5, 0.6) is 0 Å². The first-order valence-electron chi connectivity index (χ1n) is 9.79. The lowest BCUT2D eigenvalue weighted by atomic mass is 9.52. The molecule has 0 radical (unpaired) electrons. The minimum atomic E-state index is -0.470. The first-order valence-corrected chi connectivity index (χ1v) is 10.2. The van der Waals surface area contributed by atoms with Crippen molar-refractivity contribution < 1.29 is 9.90 Å². The number of hydrogen-bond acceptors (Lipinski definition) is 3. The molecule has 2 N–H and O–H groups in total. The van der Waals surface area contributed by atoms with Gasteiger partial charge in [0.25, 0.3) is 5.91 Å². The van der Waals surface area contributed by atoms with Crippen LogP contribution in [0.4, 0.5) is 0 Å². The van der Waals surface area contributed by atoms with Crippen LogP contribution in [0.15, 0.2) is 6.20 Å². The van der Waals surface area contributed by atoms with E-state index in [1.54, 1.807) is 6.20 Å². The fourth-order valence-corrected chi connectivity index (χ4v) is 6.67. The van der Waals surface area contributed by atoms with Crippen molar-refractivity contribution in [2.75, 3.05) is 0 Å². The Morgan fingerprint density at radius 2 is 1.92 bits per heavy atom. The van der Waals surface area contributed by atoms with Crippen molar-refractivity contribution >= 4 is 17.5 Å². The molecule has 136 valence electrons. The fraction of sp³-hybridized carbons (Fsp3) is 0.789. The van der Waals surface area contributed by atoms with E-state index in [-0.39, 0.29) is 11.9 Å². The highest BCUT2D eigenvalue weighted by atomic mass is 35.5. The number of carbonyl (C=O) groups is 1. The van der Waals surface area contributed by atoms with Crippen molar-refractivity contribution in [3.05, 3.63) is 16.9 Å². The summed E-state index contributed by atoms with van der Waals surface area (Å²) in [6, 6.07) is 0.514. The predicted octanol–water partition coefficient (Wildman–Crippen LogP) is 3.32. The summed E-state index contributed by atoms with van der Waals surface area (Å²) < 4.78 is 1.84. The van der Waals surface area contributed by atoms with E-state index in [1.807, 2.05) is 4.68 Å². The van der Waals surface area contributed by atoms with Crippen LogP contribution in [0.25, 0.3) is 0 Å². The van der Waals surface area contributed by atoms with Gasteiger partial charge in [0.05, 0.1) is 23.4 Å². The maximum Gasteiger partial charge on any atom is 0.256 e. The molecule has 4 bridgehead atoms. The van der Waals surface area contributed by atoms with E-state index in [4.69, 9.17) is 11.6 Å². The second-order valence-corrected chi connectivity index (χ2v) is 9.28. The number of nitrogens with zero attached hydrogens (tertiary/aromatic N) is 2. The minimum Gasteiger partial charge on any atom is -0.390 e. The molecule has 5 aliphatic carbocycles. The van der Waals surface area contributed by atoms with E-state index >= 15 is 0 Å². The van der Waals surface area contributed by atoms with Crippen LogP contribution in [-0.4, -0.2) is 32.4 Å². The van der Waals surface area contributed by atoms with Gasteiger partial charge in [-0.25, -0.2) is 0 Å². The van der Waals surface area contributed by atoms with Crippen molar-refractivity contribution in [1.29, 1.82) is 0 Å². The van der Waals surface area contributed by atoms with Gasteiger partial charge in [-0.15, -0.1) is 0 Å². The molecule has 2 unspecified atom stereocenters. The molecular formula is C19H26ClN3O2. The molecule has 0 aromatic carbocycles. The number of aliphatic hydroxyl groups is 1. The molecule has 5 aliphatic rings. The number of nitrogens with one attached hydrogen (secondary N) is 1. The smallest absolute Gasteiger partial charge is 0.256 e. The lowest BCUT2D eigenvalue weighted by molar-refractivity contribution is -0.136. The second kappa shape index (κ2) is 5.71. The van der Waals surface area contributed by atoms with Gasteiger partial charge >= 0.3 is 0 Å². The lowest BCUT2D eigenvalue weighted by Gasteiger charge is -2.58. The van der Waals surface area contributed by atoms with Gasteiger partial charge < -0.3 is 10.4 Å². The van der Waals surface area contributed by atoms with Crippen LogP contribution in [-0.2, 0) is 0 Å². The number of hydrogen-bond donors (Lipinski definition) is 2. The van der Waals surface area contributed by atoms with Gasteiger partial charge in [-0.05, 0) is 62.7 Å². The van der Waals surface area contributed by atoms with Gasteiger partial charge in [0.2, 0.25) is 0 Å². The van der Waals surface area contributed by atoms with Crippen LogP contribution in [0.3, 0.4) is 0 Å². The monoisotopic (exact) mass is 363 g/mol. The van der Waals surface area contributed by atoms with E-state index in [1.165, 1.54) is 12.8 Å². The topological polar surface area (TPSA) is 67.2 Å². The molecular weight excluding hydrogens is 338 g/mol. The average Bonchev–Trinajstić information content (AvgIpc) is 3.18. The highest BCUT2D eigenvalue weighted by molar-refractivity contribution is 6.32. The van der Waals surface area contributed by atoms with Crippen LogP contribution >= 0.6 is 11.6 Å². The molecule has 0 spiro atoms. The largest absolute Gasteiger partial charge is 0.390 e. The molecule has 1 aromatic rings. The Kier molecular flexibility index (Phi) is 3.69. The predicted molar refractivity (Wildman–Crippen MR) is 94.5 cm³/mol. The zero-order valence-corrected chi connectivity index (χ0v) is 15.2. The molecule has 1 aromatic heterocycles. The quantitative estimate of drug-likeness (QED) is 0.865. The van der Waals surface area contributed by atoms with Crippen LogP contribution in [0.2, 0.25) is 5.15 Å². The molecule has 5 saturated carbocycles. The zero-order valence-electron chi connectivity index (χ0n) is 14.5. The van der Waals surface area contributed by atoms with Crippen LogP contribution in [0, 0.1) is 17.8 Å². The van der Waals surface area contributed by atoms with Gasteiger partial charge in [0.15, 0.2) is 0 Å². The van der Waals surface area contributed by atoms with Crippen LogP contribution < -0.4 is 5.32 Å². The van der Waals surface area contributed by atoms with Crippen molar-refractivity contribution in [1.82, 2.24) is 15.1 Å². The third kappa shape index (κ3) is 2.62. The summed E-state index contributed by atoms with van der Waals surface area (Å²) in [5, 5.41) is 18.8. The third-order valence-electron chi connectivity index (χ3n) is 7.19. The summed E-state index contributed by atoms with van der Waals surface area (Å²) in [6.45, 7) is 0. The first-order chi connectivity index (χ1) is 12.0. The summed E-state index contributed by atoms with van der Waals surface area (Å²) in [6.07, 6.45) is 11.1. The number of halogens is 1. The Morgan fingerprint density at radius 1 is 1.24 bits per heavy atom. The van der Waals surface area contributed by atoms with Crippen molar-refractivity contribution in [2.45, 2.75) is 75.5 Å². The zero-order chi connectivity index (χ0) is 17.2. The number of carbonyl (C=O) groups excluding carboxylic acids is 1. The highest BCUT2D eigenvalue weighted by Crippen LogP contribution is 2.55. The van der Waals surface area contributed by atoms with E-state index < -0.39 is 5.60 Å². The van der Waals surface area contributed by atoms with E-state index in [2.05, 4.69) is 10.4 Å². The molecule has 2 atom stereocenters. The second-order valence-electron chi connectivity index (χ2n) is 8.93. The van der Waals surface area contributed by atoms with Crippen molar-refractivity contribution in [3.8, 4) is 0 Å². The number of rotatable bonds is 3. The van der Waals surface area contributed by atoms with Gasteiger partial charge in [-0.1, -0.05) is 24.4 Å². The maximum atomic E-state index is 12.9. The first kappa shape index (κ1) is 16.1. The minimum absolute atomic E-state index is 0.0984. The third-order valence-corrected chi connectivity index (χ3v) is 7.57. The van der Waals surface area contributed by atoms with E-state index in [9.17, 15) is 9.90 Å². The Labute approximate surface area is 153 Å². The summed E-state index contributed by atoms with van der Waals surface area (Å²) in [5.41, 5.74) is 0.0315. The number of aromatic nitrogens is 2. The SMILES string of the molecule is O=C(NC1C2CC3CC1CC(O)(C3)C2)c1cnn(C2CCCC2)c1Cl. The summed E-state index contributed by atoms with van der Waals surface area (Å²) in [5.74, 6) is 1.36. The van der Waals surface area contributed by atoms with E-state index in [0.29, 0.717) is 34.5 Å². The maximum absolute atomic E-state index is 12.9. The van der Waals surface area contributed by atoms with E-state index in [0.717, 1.165) is 44.9 Å². The summed E-state index contributed by atoms with van der Waals surface area (Å²) >= 11 is 6.49. The molecule has 5 fully saturated rings. The summed E-state index contributed by atoms with van der Waals surface area (Å²) in [4.78, 5) is 12.9. The molecule has 25 heavy (non-hydrogen) atoms. The van der Waals surface area contributed by atoms with Crippen LogP contribution in [0.1, 0.15) is 74.2 Å². The Morgan fingerprint density at radius 3 is 2.56 bits per heavy atom. The fourth-order valence-electron chi connectivity index (χ4n) is 6.35. The summed E-state index contributed by atoms with van der Waals surface area (Å²) in [7, 11) is 0. The van der Waals surface area contributed by atoms with Crippen molar-refractivity contribution in [2.24, 2.45) is 17.8 Å². The van der Waals surface area contributed by atoms with Crippen molar-refractivity contribution in [3.63, 3.8) is 0 Å². The molecule has 0 saturated heterocycles. The number of amides is 1. The molecule has 0 aliphatic heterocycles. The average molecular weight is 364 g/mol. The Balaban J connectivity index is 1.33. The van der Waals surface area contributed by atoms with Gasteiger partial charge in [-0.2, -0.15) is 5.10 Å². The standard InChI is InChI=1S/C19H26ClN3O2/c20-17-15(10-21-23(17)14-3-1-2-4-14)18(24)22-16-12-5-11-6-13(16)9-19(25,7-11)8-12/h10-14,16,25H,1-9H2,(H,22,24). The molecule has 1 amide bonds. The highest BCUT2D eigenvalue weighted by Gasteiger charge is 2.55. The molecule has 5 nitrogen and oxygen atoms in total. The van der Waals surface area contributed by atoms with Gasteiger partial charge in [-0.3, -0.25) is 9.48 Å². The lowest BCUT2D eigenvalue weighted by Crippen LogP contribution is -2.61. The van der Waals surface area contributed by atoms with Gasteiger partial charge in [0, 0.05) is 6.04 Å². The Bertz CT molecular complexity index is 681. The molecule has 6 heteroatoms. The van der Waals surface area contributed by atoms with Gasteiger partial charge in [0.1, 0.15) is 5.15 Å².